The van der Waals surface area contributed by atoms with Gasteiger partial charge in [0.25, 0.3) is 0 Å². The van der Waals surface area contributed by atoms with Crippen molar-refractivity contribution in [2.24, 2.45) is 0 Å². The molecule has 1 saturated heterocycles. The van der Waals surface area contributed by atoms with Gasteiger partial charge in [0.15, 0.2) is 0 Å². The molecule has 0 amide bonds. The molecule has 1 unspecified atom stereocenters. The zero-order valence-corrected chi connectivity index (χ0v) is 13.0. The molecule has 0 bridgehead atoms. The number of rotatable bonds is 4. The second-order valence-electron chi connectivity index (χ2n) is 5.06. The van der Waals surface area contributed by atoms with Gasteiger partial charge in [-0.2, -0.15) is 13.2 Å². The Morgan fingerprint density at radius 1 is 1.38 bits per heavy atom. The van der Waals surface area contributed by atoms with Crippen LogP contribution in [-0.4, -0.2) is 43.0 Å². The SMILES string of the molecule is CC(C)NS(=O)(=O)C1CCN(c2nnc(C(F)(F)F)s2)C1. The fraction of sp³-hybridized carbons (Fsp3) is 0.800. The highest BCUT2D eigenvalue weighted by molar-refractivity contribution is 7.90. The lowest BCUT2D eigenvalue weighted by Crippen LogP contribution is -2.39. The van der Waals surface area contributed by atoms with Gasteiger partial charge in [0.05, 0.1) is 5.25 Å². The van der Waals surface area contributed by atoms with E-state index in [0.717, 1.165) is 0 Å². The topological polar surface area (TPSA) is 75.2 Å². The summed E-state index contributed by atoms with van der Waals surface area (Å²) < 4.78 is 64.0. The molecule has 1 aromatic rings. The molecule has 0 saturated carbocycles. The van der Waals surface area contributed by atoms with E-state index in [9.17, 15) is 21.6 Å². The molecule has 6 nitrogen and oxygen atoms in total. The highest BCUT2D eigenvalue weighted by atomic mass is 32.2. The molecule has 1 fully saturated rings. The molecular formula is C10H15F3N4O2S2. The number of sulfonamides is 1. The minimum atomic E-state index is -4.53. The van der Waals surface area contributed by atoms with Crippen molar-refractivity contribution in [3.63, 3.8) is 0 Å². The minimum absolute atomic E-state index is 0.101. The van der Waals surface area contributed by atoms with Gasteiger partial charge in [-0.25, -0.2) is 13.1 Å². The molecule has 2 rings (SSSR count). The van der Waals surface area contributed by atoms with E-state index in [2.05, 4.69) is 14.9 Å². The summed E-state index contributed by atoms with van der Waals surface area (Å²) in [5.41, 5.74) is 0. The van der Waals surface area contributed by atoms with E-state index in [1.165, 1.54) is 4.90 Å². The van der Waals surface area contributed by atoms with Crippen LogP contribution in [0.15, 0.2) is 0 Å². The predicted octanol–water partition coefficient (Wildman–Crippen LogP) is 1.46. The summed E-state index contributed by atoms with van der Waals surface area (Å²) in [6.07, 6.45) is -4.18. The van der Waals surface area contributed by atoms with Crippen LogP contribution in [0, 0.1) is 0 Å². The van der Waals surface area contributed by atoms with Crippen LogP contribution in [0.2, 0.25) is 0 Å². The predicted molar refractivity (Wildman–Crippen MR) is 72.7 cm³/mol. The van der Waals surface area contributed by atoms with Gasteiger partial charge in [-0.05, 0) is 20.3 Å². The number of nitrogens with one attached hydrogen (secondary N) is 1. The van der Waals surface area contributed by atoms with Crippen molar-refractivity contribution in [3.8, 4) is 0 Å². The van der Waals surface area contributed by atoms with Crippen LogP contribution in [0.5, 0.6) is 0 Å². The van der Waals surface area contributed by atoms with Crippen molar-refractivity contribution in [1.82, 2.24) is 14.9 Å². The number of nitrogens with zero attached hydrogens (tertiary/aromatic N) is 3. The highest BCUT2D eigenvalue weighted by Crippen LogP contribution is 2.35. The van der Waals surface area contributed by atoms with Gasteiger partial charge in [-0.15, -0.1) is 10.2 Å². The Morgan fingerprint density at radius 2 is 2.05 bits per heavy atom. The van der Waals surface area contributed by atoms with Crippen LogP contribution in [0.3, 0.4) is 0 Å². The Kier molecular flexibility index (Phi) is 4.45. The number of anilines is 1. The Hall–Kier alpha value is -0.940. The van der Waals surface area contributed by atoms with Crippen LogP contribution >= 0.6 is 11.3 Å². The fourth-order valence-corrected chi connectivity index (χ4v) is 4.43. The van der Waals surface area contributed by atoms with E-state index in [0.29, 0.717) is 24.3 Å². The standard InChI is InChI=1S/C10H15F3N4O2S2/c1-6(2)16-21(18,19)7-3-4-17(5-7)9-15-14-8(20-9)10(11,12)13/h6-7,16H,3-5H2,1-2H3. The van der Waals surface area contributed by atoms with Crippen LogP contribution in [0.1, 0.15) is 25.3 Å². The van der Waals surface area contributed by atoms with Crippen molar-refractivity contribution in [2.45, 2.75) is 37.7 Å². The molecule has 1 N–H and O–H groups in total. The fourth-order valence-electron chi connectivity index (χ4n) is 2.04. The summed E-state index contributed by atoms with van der Waals surface area (Å²) in [6, 6.07) is -0.220. The quantitative estimate of drug-likeness (QED) is 0.895. The average Bonchev–Trinajstić information content (AvgIpc) is 2.95. The van der Waals surface area contributed by atoms with E-state index >= 15 is 0 Å². The number of alkyl halides is 3. The van der Waals surface area contributed by atoms with E-state index in [1.54, 1.807) is 13.8 Å². The molecule has 11 heteroatoms. The minimum Gasteiger partial charge on any atom is -0.345 e. The molecule has 1 aliphatic heterocycles. The highest BCUT2D eigenvalue weighted by Gasteiger charge is 2.38. The number of halogens is 3. The molecule has 1 atom stereocenters. The summed E-state index contributed by atoms with van der Waals surface area (Å²) in [4.78, 5) is 1.52. The first-order valence-corrected chi connectivity index (χ1v) is 8.62. The van der Waals surface area contributed by atoms with E-state index in [1.807, 2.05) is 0 Å². The number of hydrogen-bond donors (Lipinski definition) is 1. The summed E-state index contributed by atoms with van der Waals surface area (Å²) in [7, 11) is -3.48. The molecule has 0 aromatic carbocycles. The molecular weight excluding hydrogens is 329 g/mol. The normalized spacial score (nSPS) is 20.5. The zero-order chi connectivity index (χ0) is 15.8. The first kappa shape index (κ1) is 16.4. The maximum Gasteiger partial charge on any atom is 0.445 e. The van der Waals surface area contributed by atoms with Crippen LogP contribution in [0.4, 0.5) is 18.3 Å². The largest absolute Gasteiger partial charge is 0.445 e. The van der Waals surface area contributed by atoms with Gasteiger partial charge in [-0.3, -0.25) is 0 Å². The summed E-state index contributed by atoms with van der Waals surface area (Å²) in [5.74, 6) is 0. The van der Waals surface area contributed by atoms with Gasteiger partial charge in [0.1, 0.15) is 0 Å². The number of aromatic nitrogens is 2. The van der Waals surface area contributed by atoms with Gasteiger partial charge < -0.3 is 4.90 Å². The first-order valence-electron chi connectivity index (χ1n) is 6.26. The lowest BCUT2D eigenvalue weighted by atomic mass is 10.4. The van der Waals surface area contributed by atoms with Crippen LogP contribution < -0.4 is 9.62 Å². The molecule has 1 aromatic heterocycles. The third-order valence-electron chi connectivity index (χ3n) is 2.91. The molecule has 0 spiro atoms. The molecule has 120 valence electrons. The van der Waals surface area contributed by atoms with Gasteiger partial charge in [0, 0.05) is 19.1 Å². The summed E-state index contributed by atoms with van der Waals surface area (Å²) in [5, 5.41) is 5.03. The van der Waals surface area contributed by atoms with Crippen molar-refractivity contribution < 1.29 is 21.6 Å². The van der Waals surface area contributed by atoms with Crippen LogP contribution in [-0.2, 0) is 16.2 Å². The molecule has 2 heterocycles. The maximum absolute atomic E-state index is 12.5. The lowest BCUT2D eigenvalue weighted by molar-refractivity contribution is -0.138. The molecule has 21 heavy (non-hydrogen) atoms. The first-order chi connectivity index (χ1) is 9.59. The Labute approximate surface area is 124 Å². The molecule has 0 aliphatic carbocycles. The molecule has 0 radical (unpaired) electrons. The van der Waals surface area contributed by atoms with Crippen molar-refractivity contribution in [1.29, 1.82) is 0 Å². The average molecular weight is 344 g/mol. The number of hydrogen-bond acceptors (Lipinski definition) is 6. The van der Waals surface area contributed by atoms with Gasteiger partial charge in [0.2, 0.25) is 20.2 Å². The maximum atomic E-state index is 12.5. The third-order valence-corrected chi connectivity index (χ3v) is 6.00. The lowest BCUT2D eigenvalue weighted by Gasteiger charge is -2.16. The van der Waals surface area contributed by atoms with Crippen LogP contribution in [0.25, 0.3) is 0 Å². The second-order valence-corrected chi connectivity index (χ2v) is 8.01. The summed E-state index contributed by atoms with van der Waals surface area (Å²) >= 11 is 0.427. The van der Waals surface area contributed by atoms with Gasteiger partial charge in [-0.1, -0.05) is 11.3 Å². The van der Waals surface area contributed by atoms with Crippen molar-refractivity contribution in [2.75, 3.05) is 18.0 Å². The van der Waals surface area contributed by atoms with E-state index in [4.69, 9.17) is 0 Å². The third kappa shape index (κ3) is 3.83. The van der Waals surface area contributed by atoms with E-state index in [-0.39, 0.29) is 17.7 Å². The smallest absolute Gasteiger partial charge is 0.345 e. The second kappa shape index (κ2) is 5.69. The Balaban J connectivity index is 2.08. The van der Waals surface area contributed by atoms with E-state index < -0.39 is 26.5 Å². The Bertz CT molecular complexity index is 600. The Morgan fingerprint density at radius 3 is 2.57 bits per heavy atom. The van der Waals surface area contributed by atoms with Gasteiger partial charge >= 0.3 is 6.18 Å². The zero-order valence-electron chi connectivity index (χ0n) is 11.4. The van der Waals surface area contributed by atoms with Crippen molar-refractivity contribution in [3.05, 3.63) is 5.01 Å². The molecule has 1 aliphatic rings. The van der Waals surface area contributed by atoms with Crippen molar-refractivity contribution >= 4 is 26.5 Å². The summed E-state index contributed by atoms with van der Waals surface area (Å²) in [6.45, 7) is 3.89. The monoisotopic (exact) mass is 344 g/mol.